The van der Waals surface area contributed by atoms with E-state index in [1.807, 2.05) is 0 Å². The van der Waals surface area contributed by atoms with Crippen LogP contribution in [-0.4, -0.2) is 27.5 Å². The minimum absolute atomic E-state index is 0. The van der Waals surface area contributed by atoms with Crippen LogP contribution in [0.4, 0.5) is 13.2 Å². The molecule has 0 amide bonds. The molecule has 4 nitrogen and oxygen atoms in total. The Morgan fingerprint density at radius 3 is 2.55 bits per heavy atom. The number of hydrogen-bond acceptors (Lipinski definition) is 3. The second-order valence-electron chi connectivity index (χ2n) is 5.19. The molecular formula is C13H18ClF3N2O2S. The van der Waals surface area contributed by atoms with Gasteiger partial charge >= 0.3 is 0 Å². The molecule has 1 heterocycles. The normalized spacial score (nSPS) is 20.3. The molecule has 1 saturated heterocycles. The summed E-state index contributed by atoms with van der Waals surface area (Å²) in [7, 11) is -4.24. The van der Waals surface area contributed by atoms with Gasteiger partial charge < -0.3 is 5.32 Å². The number of nitrogens with one attached hydrogen (secondary N) is 2. The van der Waals surface area contributed by atoms with Gasteiger partial charge in [-0.15, -0.1) is 12.4 Å². The molecule has 1 aromatic carbocycles. The van der Waals surface area contributed by atoms with Gasteiger partial charge in [-0.1, -0.05) is 0 Å². The van der Waals surface area contributed by atoms with Crippen LogP contribution >= 0.6 is 12.4 Å². The largest absolute Gasteiger partial charge is 0.316 e. The number of piperidine rings is 1. The molecule has 1 aromatic rings. The molecule has 0 aliphatic carbocycles. The topological polar surface area (TPSA) is 58.2 Å². The van der Waals surface area contributed by atoms with E-state index < -0.39 is 38.4 Å². The van der Waals surface area contributed by atoms with E-state index in [1.165, 1.54) is 0 Å². The Kier molecular flexibility index (Phi) is 6.66. The van der Waals surface area contributed by atoms with Crippen LogP contribution in [0.15, 0.2) is 17.0 Å². The van der Waals surface area contributed by atoms with Crippen molar-refractivity contribution < 1.29 is 21.6 Å². The monoisotopic (exact) mass is 358 g/mol. The van der Waals surface area contributed by atoms with Crippen molar-refractivity contribution in [3.63, 3.8) is 0 Å². The lowest BCUT2D eigenvalue weighted by Crippen LogP contribution is -2.44. The Labute approximate surface area is 133 Å². The number of hydrogen-bond donors (Lipinski definition) is 2. The smallest absolute Gasteiger partial charge is 0.243 e. The molecule has 2 unspecified atom stereocenters. The first-order valence-corrected chi connectivity index (χ1v) is 8.18. The second-order valence-corrected chi connectivity index (χ2v) is 6.87. The molecule has 0 radical (unpaired) electrons. The van der Waals surface area contributed by atoms with Gasteiger partial charge in [-0.25, -0.2) is 26.3 Å². The highest BCUT2D eigenvalue weighted by molar-refractivity contribution is 7.89. The van der Waals surface area contributed by atoms with E-state index in [0.717, 1.165) is 25.5 Å². The maximum absolute atomic E-state index is 13.6. The fourth-order valence-corrected chi connectivity index (χ4v) is 3.81. The Morgan fingerprint density at radius 1 is 1.27 bits per heavy atom. The van der Waals surface area contributed by atoms with Gasteiger partial charge in [0.05, 0.1) is 0 Å². The van der Waals surface area contributed by atoms with E-state index in [9.17, 15) is 21.6 Å². The van der Waals surface area contributed by atoms with Gasteiger partial charge in [0, 0.05) is 6.04 Å². The standard InChI is InChI=1S/C13H17F3N2O2S.ClH/c1-8(9-3-2-6-17-7-9)18-21(19,20)11-5-4-10(14)12(15)13(11)16;/h4-5,8-9,17-18H,2-3,6-7H2,1H3;1H. The molecule has 0 bridgehead atoms. The highest BCUT2D eigenvalue weighted by atomic mass is 35.5. The summed E-state index contributed by atoms with van der Waals surface area (Å²) in [6, 6.07) is 0.886. The van der Waals surface area contributed by atoms with Crippen LogP contribution in [0.5, 0.6) is 0 Å². The average Bonchev–Trinajstić information content (AvgIpc) is 2.45. The van der Waals surface area contributed by atoms with Crippen molar-refractivity contribution in [1.29, 1.82) is 0 Å². The van der Waals surface area contributed by atoms with Gasteiger partial charge in [-0.05, 0) is 50.9 Å². The van der Waals surface area contributed by atoms with Gasteiger partial charge in [0.15, 0.2) is 17.5 Å². The maximum atomic E-state index is 13.6. The molecule has 2 rings (SSSR count). The molecular weight excluding hydrogens is 341 g/mol. The third-order valence-corrected chi connectivity index (χ3v) is 5.25. The molecule has 0 saturated carbocycles. The van der Waals surface area contributed by atoms with Crippen molar-refractivity contribution in [1.82, 2.24) is 10.0 Å². The van der Waals surface area contributed by atoms with E-state index in [1.54, 1.807) is 6.92 Å². The highest BCUT2D eigenvalue weighted by Crippen LogP contribution is 2.21. The Bertz CT molecular complexity index is 622. The number of sulfonamides is 1. The van der Waals surface area contributed by atoms with E-state index in [4.69, 9.17) is 0 Å². The van der Waals surface area contributed by atoms with Crippen LogP contribution in [-0.2, 0) is 10.0 Å². The van der Waals surface area contributed by atoms with Crippen LogP contribution in [0.25, 0.3) is 0 Å². The van der Waals surface area contributed by atoms with Gasteiger partial charge in [0.1, 0.15) is 4.90 Å². The van der Waals surface area contributed by atoms with Crippen LogP contribution in [0, 0.1) is 23.4 Å². The summed E-state index contributed by atoms with van der Waals surface area (Å²) in [4.78, 5) is -0.878. The summed E-state index contributed by atoms with van der Waals surface area (Å²) in [6.45, 7) is 3.21. The molecule has 2 N–H and O–H groups in total. The summed E-state index contributed by atoms with van der Waals surface area (Å²) in [5.41, 5.74) is 0. The lowest BCUT2D eigenvalue weighted by Gasteiger charge is -2.28. The van der Waals surface area contributed by atoms with E-state index in [0.29, 0.717) is 12.6 Å². The summed E-state index contributed by atoms with van der Waals surface area (Å²) < 4.78 is 66.2. The first-order valence-electron chi connectivity index (χ1n) is 6.69. The van der Waals surface area contributed by atoms with Gasteiger partial charge in [-0.3, -0.25) is 0 Å². The minimum atomic E-state index is -4.24. The Morgan fingerprint density at radius 2 is 1.95 bits per heavy atom. The van der Waals surface area contributed by atoms with E-state index in [-0.39, 0.29) is 18.3 Å². The molecule has 1 aliphatic heterocycles. The van der Waals surface area contributed by atoms with E-state index >= 15 is 0 Å². The SMILES string of the molecule is CC(NS(=O)(=O)c1ccc(F)c(F)c1F)C1CCCNC1.Cl. The minimum Gasteiger partial charge on any atom is -0.316 e. The zero-order valence-corrected chi connectivity index (χ0v) is 13.5. The quantitative estimate of drug-likeness (QED) is 0.811. The van der Waals surface area contributed by atoms with Crippen molar-refractivity contribution >= 4 is 22.4 Å². The van der Waals surface area contributed by atoms with Crippen molar-refractivity contribution in [2.45, 2.75) is 30.7 Å². The average molecular weight is 359 g/mol. The first-order chi connectivity index (χ1) is 9.83. The summed E-state index contributed by atoms with van der Waals surface area (Å²) >= 11 is 0. The predicted octanol–water partition coefficient (Wildman–Crippen LogP) is 2.19. The van der Waals surface area contributed by atoms with E-state index in [2.05, 4.69) is 10.0 Å². The van der Waals surface area contributed by atoms with Gasteiger partial charge in [0.2, 0.25) is 10.0 Å². The Hall–Kier alpha value is -0.830. The van der Waals surface area contributed by atoms with Crippen molar-refractivity contribution in [3.8, 4) is 0 Å². The highest BCUT2D eigenvalue weighted by Gasteiger charge is 2.28. The van der Waals surface area contributed by atoms with Crippen LogP contribution in [0.2, 0.25) is 0 Å². The summed E-state index contributed by atoms with van der Waals surface area (Å²) in [6.07, 6.45) is 1.77. The lowest BCUT2D eigenvalue weighted by atomic mass is 9.94. The van der Waals surface area contributed by atoms with Crippen molar-refractivity contribution in [3.05, 3.63) is 29.6 Å². The fraction of sp³-hybridized carbons (Fsp3) is 0.538. The van der Waals surface area contributed by atoms with Crippen LogP contribution < -0.4 is 10.0 Å². The first kappa shape index (κ1) is 19.2. The van der Waals surface area contributed by atoms with Crippen LogP contribution in [0.3, 0.4) is 0 Å². The van der Waals surface area contributed by atoms with Crippen molar-refractivity contribution in [2.75, 3.05) is 13.1 Å². The van der Waals surface area contributed by atoms with Crippen LogP contribution in [0.1, 0.15) is 19.8 Å². The maximum Gasteiger partial charge on any atom is 0.243 e. The number of halogens is 4. The molecule has 22 heavy (non-hydrogen) atoms. The van der Waals surface area contributed by atoms with Crippen molar-refractivity contribution in [2.24, 2.45) is 5.92 Å². The Balaban J connectivity index is 0.00000242. The summed E-state index contributed by atoms with van der Waals surface area (Å²) in [5.74, 6) is -4.83. The molecule has 0 aromatic heterocycles. The fourth-order valence-electron chi connectivity index (χ4n) is 2.43. The molecule has 9 heteroatoms. The second kappa shape index (κ2) is 7.63. The molecule has 126 valence electrons. The molecule has 0 spiro atoms. The zero-order chi connectivity index (χ0) is 15.6. The van der Waals surface area contributed by atoms with Gasteiger partial charge in [-0.2, -0.15) is 0 Å². The third kappa shape index (κ3) is 4.13. The third-order valence-electron chi connectivity index (χ3n) is 3.67. The predicted molar refractivity (Wildman–Crippen MR) is 78.9 cm³/mol. The molecule has 1 aliphatic rings. The van der Waals surface area contributed by atoms with Gasteiger partial charge in [0.25, 0.3) is 0 Å². The zero-order valence-electron chi connectivity index (χ0n) is 11.9. The number of rotatable bonds is 4. The number of benzene rings is 1. The molecule has 1 fully saturated rings. The molecule has 2 atom stereocenters. The summed E-state index contributed by atoms with van der Waals surface area (Å²) in [5, 5.41) is 3.15. The lowest BCUT2D eigenvalue weighted by molar-refractivity contribution is 0.320.